The first-order chi connectivity index (χ1) is 10.2. The standard InChI is InChI=1S/C15H11ClFN3O/c16-11-7-5-10(6-8-11)15-20-19-14(21-15)9-18-13-4-2-1-3-12(13)17/h1-8,18H,9H2. The first-order valence-electron chi connectivity index (χ1n) is 6.29. The average Bonchev–Trinajstić information content (AvgIpc) is 2.96. The maximum absolute atomic E-state index is 13.5. The summed E-state index contributed by atoms with van der Waals surface area (Å²) in [5.41, 5.74) is 1.17. The molecule has 0 atom stereocenters. The molecule has 3 aromatic rings. The van der Waals surface area contributed by atoms with E-state index in [9.17, 15) is 4.39 Å². The molecule has 1 heterocycles. The topological polar surface area (TPSA) is 51.0 Å². The zero-order chi connectivity index (χ0) is 14.7. The molecule has 0 spiro atoms. The number of para-hydroxylation sites is 1. The molecule has 0 saturated carbocycles. The molecular weight excluding hydrogens is 293 g/mol. The van der Waals surface area contributed by atoms with Crippen molar-refractivity contribution in [3.05, 3.63) is 65.3 Å². The Kier molecular flexibility index (Phi) is 3.83. The first-order valence-corrected chi connectivity index (χ1v) is 6.67. The fraction of sp³-hybridized carbons (Fsp3) is 0.0667. The van der Waals surface area contributed by atoms with E-state index in [0.717, 1.165) is 5.56 Å². The monoisotopic (exact) mass is 303 g/mol. The van der Waals surface area contributed by atoms with Gasteiger partial charge in [0.05, 0.1) is 12.2 Å². The van der Waals surface area contributed by atoms with E-state index in [0.29, 0.717) is 22.5 Å². The molecule has 0 aliphatic heterocycles. The maximum atomic E-state index is 13.5. The number of hydrogen-bond donors (Lipinski definition) is 1. The molecule has 0 unspecified atom stereocenters. The van der Waals surface area contributed by atoms with Crippen LogP contribution in [0, 0.1) is 5.82 Å². The largest absolute Gasteiger partial charge is 0.419 e. The van der Waals surface area contributed by atoms with Crippen LogP contribution in [0.3, 0.4) is 0 Å². The van der Waals surface area contributed by atoms with Crippen LogP contribution in [0.15, 0.2) is 52.9 Å². The summed E-state index contributed by atoms with van der Waals surface area (Å²) in [5.74, 6) is 0.454. The summed E-state index contributed by atoms with van der Waals surface area (Å²) >= 11 is 5.82. The number of anilines is 1. The van der Waals surface area contributed by atoms with Crippen LogP contribution in [0.25, 0.3) is 11.5 Å². The highest BCUT2D eigenvalue weighted by Gasteiger charge is 2.09. The van der Waals surface area contributed by atoms with E-state index in [2.05, 4.69) is 15.5 Å². The van der Waals surface area contributed by atoms with Crippen LogP contribution >= 0.6 is 11.6 Å². The van der Waals surface area contributed by atoms with Crippen molar-refractivity contribution < 1.29 is 8.81 Å². The van der Waals surface area contributed by atoms with Gasteiger partial charge in [-0.3, -0.25) is 0 Å². The fourth-order valence-corrected chi connectivity index (χ4v) is 1.94. The highest BCUT2D eigenvalue weighted by Crippen LogP contribution is 2.21. The van der Waals surface area contributed by atoms with Crippen LogP contribution in [0.5, 0.6) is 0 Å². The number of hydrogen-bond acceptors (Lipinski definition) is 4. The van der Waals surface area contributed by atoms with Gasteiger partial charge < -0.3 is 9.73 Å². The third kappa shape index (κ3) is 3.20. The fourth-order valence-electron chi connectivity index (χ4n) is 1.81. The van der Waals surface area contributed by atoms with Crippen LogP contribution < -0.4 is 5.32 Å². The van der Waals surface area contributed by atoms with E-state index in [1.807, 2.05) is 0 Å². The minimum atomic E-state index is -0.324. The third-order valence-electron chi connectivity index (χ3n) is 2.86. The number of nitrogens with one attached hydrogen (secondary N) is 1. The lowest BCUT2D eigenvalue weighted by molar-refractivity contribution is 0.514. The van der Waals surface area contributed by atoms with E-state index in [4.69, 9.17) is 16.0 Å². The lowest BCUT2D eigenvalue weighted by Crippen LogP contribution is -2.01. The zero-order valence-electron chi connectivity index (χ0n) is 10.9. The zero-order valence-corrected chi connectivity index (χ0v) is 11.6. The first kappa shape index (κ1) is 13.6. The summed E-state index contributed by atoms with van der Waals surface area (Å²) in [5, 5.41) is 11.4. The molecule has 1 N–H and O–H groups in total. The van der Waals surface area contributed by atoms with Gasteiger partial charge in [0.1, 0.15) is 5.82 Å². The normalized spacial score (nSPS) is 10.6. The molecular formula is C15H11ClFN3O. The molecule has 0 amide bonds. The Morgan fingerprint density at radius 3 is 2.57 bits per heavy atom. The molecule has 0 fully saturated rings. The van der Waals surface area contributed by atoms with Crippen molar-refractivity contribution in [3.8, 4) is 11.5 Å². The highest BCUT2D eigenvalue weighted by atomic mass is 35.5. The molecule has 0 aliphatic carbocycles. The number of halogens is 2. The Balaban J connectivity index is 1.71. The molecule has 0 bridgehead atoms. The molecule has 2 aromatic carbocycles. The minimum Gasteiger partial charge on any atom is -0.419 e. The molecule has 0 aliphatic rings. The van der Waals surface area contributed by atoms with Crippen molar-refractivity contribution in [3.63, 3.8) is 0 Å². The highest BCUT2D eigenvalue weighted by molar-refractivity contribution is 6.30. The summed E-state index contributed by atoms with van der Waals surface area (Å²) in [6.07, 6.45) is 0. The van der Waals surface area contributed by atoms with Crippen LogP contribution in [0.1, 0.15) is 5.89 Å². The molecule has 4 nitrogen and oxygen atoms in total. The van der Waals surface area contributed by atoms with Gasteiger partial charge in [0.2, 0.25) is 11.8 Å². The molecule has 3 rings (SSSR count). The Labute approximate surface area is 125 Å². The van der Waals surface area contributed by atoms with Crippen molar-refractivity contribution in [2.75, 3.05) is 5.32 Å². The maximum Gasteiger partial charge on any atom is 0.247 e. The molecule has 0 saturated heterocycles. The van der Waals surface area contributed by atoms with E-state index in [-0.39, 0.29) is 12.4 Å². The van der Waals surface area contributed by atoms with Crippen molar-refractivity contribution in [2.24, 2.45) is 0 Å². The molecule has 1 aromatic heterocycles. The number of rotatable bonds is 4. The Morgan fingerprint density at radius 1 is 1.05 bits per heavy atom. The van der Waals surface area contributed by atoms with E-state index >= 15 is 0 Å². The van der Waals surface area contributed by atoms with E-state index in [1.165, 1.54) is 6.07 Å². The average molecular weight is 304 g/mol. The molecule has 106 valence electrons. The molecule has 21 heavy (non-hydrogen) atoms. The smallest absolute Gasteiger partial charge is 0.247 e. The van der Waals surface area contributed by atoms with Gasteiger partial charge in [0.15, 0.2) is 0 Å². The van der Waals surface area contributed by atoms with Crippen molar-refractivity contribution in [1.82, 2.24) is 10.2 Å². The third-order valence-corrected chi connectivity index (χ3v) is 3.11. The predicted octanol–water partition coefficient (Wildman–Crippen LogP) is 4.14. The number of benzene rings is 2. The molecule has 6 heteroatoms. The van der Waals surface area contributed by atoms with Gasteiger partial charge in [-0.15, -0.1) is 10.2 Å². The summed E-state index contributed by atoms with van der Waals surface area (Å²) in [4.78, 5) is 0. The lowest BCUT2D eigenvalue weighted by Gasteiger charge is -2.03. The molecule has 0 radical (unpaired) electrons. The van der Waals surface area contributed by atoms with Gasteiger partial charge in [-0.05, 0) is 36.4 Å². The van der Waals surface area contributed by atoms with Crippen molar-refractivity contribution in [1.29, 1.82) is 0 Å². The van der Waals surface area contributed by atoms with Gasteiger partial charge in [0.25, 0.3) is 0 Å². The van der Waals surface area contributed by atoms with Crippen molar-refractivity contribution in [2.45, 2.75) is 6.54 Å². The van der Waals surface area contributed by atoms with Gasteiger partial charge in [-0.2, -0.15) is 0 Å². The second-order valence-corrected chi connectivity index (χ2v) is 4.78. The van der Waals surface area contributed by atoms with Gasteiger partial charge in [-0.25, -0.2) is 4.39 Å². The van der Waals surface area contributed by atoms with Crippen molar-refractivity contribution >= 4 is 17.3 Å². The van der Waals surface area contributed by atoms with Gasteiger partial charge >= 0.3 is 0 Å². The summed E-state index contributed by atoms with van der Waals surface area (Å²) in [6.45, 7) is 0.252. The predicted molar refractivity (Wildman–Crippen MR) is 78.5 cm³/mol. The van der Waals surface area contributed by atoms with E-state index in [1.54, 1.807) is 42.5 Å². The van der Waals surface area contributed by atoms with Crippen LogP contribution in [0.2, 0.25) is 5.02 Å². The Bertz CT molecular complexity index is 743. The lowest BCUT2D eigenvalue weighted by atomic mass is 10.2. The quantitative estimate of drug-likeness (QED) is 0.787. The second kappa shape index (κ2) is 5.93. The van der Waals surface area contributed by atoms with Gasteiger partial charge in [0, 0.05) is 10.6 Å². The van der Waals surface area contributed by atoms with E-state index < -0.39 is 0 Å². The number of aromatic nitrogens is 2. The van der Waals surface area contributed by atoms with Crippen LogP contribution in [0.4, 0.5) is 10.1 Å². The summed E-state index contributed by atoms with van der Waals surface area (Å²) in [7, 11) is 0. The number of nitrogens with zero attached hydrogens (tertiary/aromatic N) is 2. The Hall–Kier alpha value is -2.40. The van der Waals surface area contributed by atoms with Crippen LogP contribution in [-0.4, -0.2) is 10.2 Å². The SMILES string of the molecule is Fc1ccccc1NCc1nnc(-c2ccc(Cl)cc2)o1. The second-order valence-electron chi connectivity index (χ2n) is 4.34. The minimum absolute atomic E-state index is 0.252. The summed E-state index contributed by atoms with van der Waals surface area (Å²) < 4.78 is 19.0. The van der Waals surface area contributed by atoms with Gasteiger partial charge in [-0.1, -0.05) is 23.7 Å². The Morgan fingerprint density at radius 2 is 1.81 bits per heavy atom. The summed E-state index contributed by atoms with van der Waals surface area (Å²) in [6, 6.07) is 13.5. The van der Waals surface area contributed by atoms with Crippen LogP contribution in [-0.2, 0) is 6.54 Å².